The van der Waals surface area contributed by atoms with Gasteiger partial charge in [-0.25, -0.2) is 0 Å². The molecule has 1 aliphatic heterocycles. The predicted molar refractivity (Wildman–Crippen MR) is 90.9 cm³/mol. The lowest BCUT2D eigenvalue weighted by atomic mass is 10.1. The van der Waals surface area contributed by atoms with Crippen LogP contribution in [0.15, 0.2) is 22.7 Å². The lowest BCUT2D eigenvalue weighted by Crippen LogP contribution is -2.38. The largest absolute Gasteiger partial charge is 0.352 e. The number of nitrogens with zero attached hydrogens (tertiary/aromatic N) is 1. The highest BCUT2D eigenvalue weighted by atomic mass is 79.9. The molecule has 1 heterocycles. The van der Waals surface area contributed by atoms with Gasteiger partial charge < -0.3 is 10.2 Å². The highest BCUT2D eigenvalue weighted by Crippen LogP contribution is 2.21. The van der Waals surface area contributed by atoms with Gasteiger partial charge >= 0.3 is 0 Å². The van der Waals surface area contributed by atoms with Crippen LogP contribution in [0.25, 0.3) is 0 Å². The summed E-state index contributed by atoms with van der Waals surface area (Å²) >= 11 is 9.27. The van der Waals surface area contributed by atoms with Gasteiger partial charge in [0.1, 0.15) is 0 Å². The zero-order valence-electron chi connectivity index (χ0n) is 12.4. The lowest BCUT2D eigenvalue weighted by Gasteiger charge is -2.29. The molecule has 0 bridgehead atoms. The molecular weight excluding hydrogens is 352 g/mol. The van der Waals surface area contributed by atoms with Crippen LogP contribution in [0.2, 0.25) is 5.02 Å². The average Bonchev–Trinajstić information content (AvgIpc) is 2.46. The first-order valence-electron chi connectivity index (χ1n) is 7.52. The van der Waals surface area contributed by atoms with Gasteiger partial charge in [0.25, 0.3) is 5.91 Å². The monoisotopic (exact) mass is 372 g/mol. The van der Waals surface area contributed by atoms with E-state index in [1.165, 1.54) is 32.4 Å². The maximum atomic E-state index is 12.2. The highest BCUT2D eigenvalue weighted by Gasteiger charge is 2.15. The molecular formula is C16H22BrClN2O. The third kappa shape index (κ3) is 5.28. The summed E-state index contributed by atoms with van der Waals surface area (Å²) in [5.41, 5.74) is 0.629. The summed E-state index contributed by atoms with van der Waals surface area (Å²) in [4.78, 5) is 14.7. The van der Waals surface area contributed by atoms with Crippen LogP contribution in [0, 0.1) is 5.92 Å². The number of nitrogens with one attached hydrogen (secondary N) is 1. The third-order valence-electron chi connectivity index (χ3n) is 3.81. The van der Waals surface area contributed by atoms with Gasteiger partial charge in [0.15, 0.2) is 0 Å². The van der Waals surface area contributed by atoms with Gasteiger partial charge in [-0.2, -0.15) is 0 Å². The number of carbonyl (C=O) groups is 1. The van der Waals surface area contributed by atoms with E-state index < -0.39 is 0 Å². The number of benzene rings is 1. The highest BCUT2D eigenvalue weighted by molar-refractivity contribution is 9.10. The maximum Gasteiger partial charge on any atom is 0.252 e. The third-order valence-corrected chi connectivity index (χ3v) is 4.70. The summed E-state index contributed by atoms with van der Waals surface area (Å²) < 4.78 is 0.733. The van der Waals surface area contributed by atoms with Crippen LogP contribution in [0.1, 0.15) is 36.5 Å². The van der Waals surface area contributed by atoms with Crippen LogP contribution in [0.5, 0.6) is 0 Å². The second-order valence-electron chi connectivity index (χ2n) is 5.80. The molecule has 2 rings (SSSR count). The van der Waals surface area contributed by atoms with Gasteiger partial charge in [0.2, 0.25) is 0 Å². The molecule has 0 saturated carbocycles. The average molecular weight is 374 g/mol. The molecule has 116 valence electrons. The molecule has 0 aliphatic carbocycles. The van der Waals surface area contributed by atoms with Crippen LogP contribution in [0.4, 0.5) is 0 Å². The molecule has 1 aliphatic rings. The first-order valence-corrected chi connectivity index (χ1v) is 8.69. The van der Waals surface area contributed by atoms with E-state index in [0.717, 1.165) is 11.0 Å². The smallest absolute Gasteiger partial charge is 0.252 e. The normalized spacial score (nSPS) is 17.5. The van der Waals surface area contributed by atoms with E-state index in [-0.39, 0.29) is 5.91 Å². The SMILES string of the molecule is CC(CNC(=O)c1ccc(Cl)cc1Br)CN1CCCCC1. The number of rotatable bonds is 5. The summed E-state index contributed by atoms with van der Waals surface area (Å²) in [6, 6.07) is 5.23. The van der Waals surface area contributed by atoms with Crippen molar-refractivity contribution in [2.75, 3.05) is 26.2 Å². The Morgan fingerprint density at radius 3 is 2.76 bits per heavy atom. The van der Waals surface area contributed by atoms with Crippen LogP contribution in [-0.4, -0.2) is 37.0 Å². The Hall–Kier alpha value is -0.580. The van der Waals surface area contributed by atoms with Crippen molar-refractivity contribution in [1.82, 2.24) is 10.2 Å². The molecule has 1 unspecified atom stereocenters. The van der Waals surface area contributed by atoms with Crippen LogP contribution < -0.4 is 5.32 Å². The first-order chi connectivity index (χ1) is 10.1. The standard InChI is InChI=1S/C16H22BrClN2O/c1-12(11-20-7-3-2-4-8-20)10-19-16(21)14-6-5-13(18)9-15(14)17/h5-6,9,12H,2-4,7-8,10-11H2,1H3,(H,19,21). The molecule has 1 fully saturated rings. The van der Waals surface area contributed by atoms with E-state index in [1.54, 1.807) is 18.2 Å². The number of hydrogen-bond acceptors (Lipinski definition) is 2. The van der Waals surface area contributed by atoms with E-state index in [0.29, 0.717) is 23.0 Å². The molecule has 1 N–H and O–H groups in total. The van der Waals surface area contributed by atoms with Gasteiger partial charge in [-0.3, -0.25) is 4.79 Å². The second-order valence-corrected chi connectivity index (χ2v) is 7.09. The van der Waals surface area contributed by atoms with Crippen molar-refractivity contribution in [3.05, 3.63) is 33.3 Å². The Morgan fingerprint density at radius 2 is 2.10 bits per heavy atom. The number of carbonyl (C=O) groups excluding carboxylic acids is 1. The quantitative estimate of drug-likeness (QED) is 0.847. The number of hydrogen-bond donors (Lipinski definition) is 1. The number of likely N-dealkylation sites (tertiary alicyclic amines) is 1. The van der Waals surface area contributed by atoms with E-state index in [9.17, 15) is 4.79 Å². The van der Waals surface area contributed by atoms with Gasteiger partial charge in [0.05, 0.1) is 5.56 Å². The van der Waals surface area contributed by atoms with Crippen LogP contribution in [-0.2, 0) is 0 Å². The molecule has 3 nitrogen and oxygen atoms in total. The Morgan fingerprint density at radius 1 is 1.38 bits per heavy atom. The molecule has 21 heavy (non-hydrogen) atoms. The minimum absolute atomic E-state index is 0.0518. The molecule has 1 atom stereocenters. The molecule has 0 aromatic heterocycles. The summed E-state index contributed by atoms with van der Waals surface area (Å²) in [5, 5.41) is 3.63. The van der Waals surface area contributed by atoms with Crippen molar-refractivity contribution in [3.8, 4) is 0 Å². The number of amides is 1. The van der Waals surface area contributed by atoms with Crippen molar-refractivity contribution in [2.24, 2.45) is 5.92 Å². The molecule has 0 spiro atoms. The minimum Gasteiger partial charge on any atom is -0.352 e. The first kappa shape index (κ1) is 16.8. The second kappa shape index (κ2) is 8.16. The predicted octanol–water partition coefficient (Wildman–Crippen LogP) is 3.95. The fourth-order valence-corrected chi connectivity index (χ4v) is 3.55. The fourth-order valence-electron chi connectivity index (χ4n) is 2.68. The number of piperidine rings is 1. The Kier molecular flexibility index (Phi) is 6.52. The van der Waals surface area contributed by atoms with Crippen molar-refractivity contribution >= 4 is 33.4 Å². The molecule has 1 aromatic carbocycles. The van der Waals surface area contributed by atoms with E-state index in [1.807, 2.05) is 0 Å². The van der Waals surface area contributed by atoms with Gasteiger partial charge in [-0.1, -0.05) is 24.9 Å². The molecule has 1 aromatic rings. The van der Waals surface area contributed by atoms with Gasteiger partial charge in [0, 0.05) is 22.6 Å². The molecule has 5 heteroatoms. The Labute approximate surface area is 140 Å². The van der Waals surface area contributed by atoms with Crippen molar-refractivity contribution in [3.63, 3.8) is 0 Å². The topological polar surface area (TPSA) is 32.3 Å². The Balaban J connectivity index is 1.80. The van der Waals surface area contributed by atoms with E-state index in [4.69, 9.17) is 11.6 Å². The zero-order valence-corrected chi connectivity index (χ0v) is 14.7. The van der Waals surface area contributed by atoms with Crippen molar-refractivity contribution in [1.29, 1.82) is 0 Å². The van der Waals surface area contributed by atoms with Crippen molar-refractivity contribution < 1.29 is 4.79 Å². The molecule has 1 amide bonds. The van der Waals surface area contributed by atoms with E-state index >= 15 is 0 Å². The van der Waals surface area contributed by atoms with Crippen LogP contribution >= 0.6 is 27.5 Å². The molecule has 0 radical (unpaired) electrons. The van der Waals surface area contributed by atoms with Gasteiger partial charge in [-0.15, -0.1) is 0 Å². The summed E-state index contributed by atoms with van der Waals surface area (Å²) in [7, 11) is 0. The fraction of sp³-hybridized carbons (Fsp3) is 0.562. The zero-order chi connectivity index (χ0) is 15.2. The number of halogens is 2. The maximum absolute atomic E-state index is 12.2. The van der Waals surface area contributed by atoms with E-state index in [2.05, 4.69) is 33.1 Å². The lowest BCUT2D eigenvalue weighted by molar-refractivity contribution is 0.0942. The van der Waals surface area contributed by atoms with Crippen molar-refractivity contribution in [2.45, 2.75) is 26.2 Å². The van der Waals surface area contributed by atoms with Gasteiger partial charge in [-0.05, 0) is 66.0 Å². The summed E-state index contributed by atoms with van der Waals surface area (Å²) in [6.45, 7) is 6.33. The minimum atomic E-state index is -0.0518. The summed E-state index contributed by atoms with van der Waals surface area (Å²) in [5.74, 6) is 0.405. The summed E-state index contributed by atoms with van der Waals surface area (Å²) in [6.07, 6.45) is 3.96. The Bertz CT molecular complexity index is 489. The molecule has 1 saturated heterocycles. The van der Waals surface area contributed by atoms with Crippen LogP contribution in [0.3, 0.4) is 0 Å².